The van der Waals surface area contributed by atoms with Crippen LogP contribution in [0.5, 0.6) is 5.88 Å². The molecule has 5 heteroatoms. The highest BCUT2D eigenvalue weighted by atomic mass is 16.5. The largest absolute Gasteiger partial charge is 0.481 e. The average Bonchev–Trinajstić information content (AvgIpc) is 2.47. The van der Waals surface area contributed by atoms with Crippen molar-refractivity contribution in [2.45, 2.75) is 20.0 Å². The number of ether oxygens (including phenoxy) is 1. The summed E-state index contributed by atoms with van der Waals surface area (Å²) >= 11 is 0. The molecule has 0 aliphatic carbocycles. The molecule has 2 aromatic rings. The molecule has 0 atom stereocenters. The third kappa shape index (κ3) is 3.20. The lowest BCUT2D eigenvalue weighted by Crippen LogP contribution is -2.05. The van der Waals surface area contributed by atoms with Gasteiger partial charge in [-0.2, -0.15) is 0 Å². The van der Waals surface area contributed by atoms with E-state index < -0.39 is 0 Å². The number of rotatable bonds is 5. The molecule has 19 heavy (non-hydrogen) atoms. The molecule has 0 radical (unpaired) electrons. The summed E-state index contributed by atoms with van der Waals surface area (Å²) < 4.78 is 5.16. The first-order valence-corrected chi connectivity index (χ1v) is 6.12. The second-order valence-electron chi connectivity index (χ2n) is 4.23. The number of benzene rings is 1. The minimum absolute atomic E-state index is 0.565. The van der Waals surface area contributed by atoms with Crippen molar-refractivity contribution in [1.82, 2.24) is 9.97 Å². The number of aromatic nitrogens is 2. The molecule has 1 aromatic carbocycles. The second kappa shape index (κ2) is 6.15. The molecule has 0 bridgehead atoms. The van der Waals surface area contributed by atoms with Crippen LogP contribution in [-0.4, -0.2) is 17.1 Å². The van der Waals surface area contributed by atoms with Gasteiger partial charge in [-0.05, 0) is 18.1 Å². The first-order chi connectivity index (χ1) is 9.24. The van der Waals surface area contributed by atoms with Gasteiger partial charge in [0.2, 0.25) is 5.88 Å². The van der Waals surface area contributed by atoms with E-state index in [0.29, 0.717) is 19.0 Å². The zero-order valence-electron chi connectivity index (χ0n) is 11.2. The molecule has 1 heterocycles. The van der Waals surface area contributed by atoms with E-state index in [1.165, 1.54) is 11.9 Å². The molecule has 0 aliphatic rings. The van der Waals surface area contributed by atoms with Crippen LogP contribution in [0, 0.1) is 6.92 Å². The van der Waals surface area contributed by atoms with Crippen molar-refractivity contribution in [2.75, 3.05) is 12.4 Å². The summed E-state index contributed by atoms with van der Waals surface area (Å²) in [6, 6.07) is 8.18. The number of methoxy groups -OCH3 is 1. The van der Waals surface area contributed by atoms with Gasteiger partial charge < -0.3 is 15.8 Å². The number of hydrogen-bond acceptors (Lipinski definition) is 5. The predicted molar refractivity (Wildman–Crippen MR) is 75.0 cm³/mol. The average molecular weight is 258 g/mol. The van der Waals surface area contributed by atoms with Gasteiger partial charge in [-0.1, -0.05) is 24.3 Å². The topological polar surface area (TPSA) is 73.1 Å². The molecule has 2 rings (SSSR count). The minimum Gasteiger partial charge on any atom is -0.481 e. The second-order valence-corrected chi connectivity index (χ2v) is 4.23. The Bertz CT molecular complexity index is 540. The fourth-order valence-electron chi connectivity index (χ4n) is 1.80. The highest BCUT2D eigenvalue weighted by Gasteiger charge is 2.06. The predicted octanol–water partition coefficient (Wildman–Crippen LogP) is 1.86. The van der Waals surface area contributed by atoms with E-state index in [4.69, 9.17) is 10.5 Å². The van der Waals surface area contributed by atoms with Crippen molar-refractivity contribution < 1.29 is 4.74 Å². The first-order valence-electron chi connectivity index (χ1n) is 6.12. The number of anilines is 1. The van der Waals surface area contributed by atoms with E-state index in [1.54, 1.807) is 7.11 Å². The van der Waals surface area contributed by atoms with Crippen LogP contribution in [0.15, 0.2) is 30.6 Å². The molecule has 1 aromatic heterocycles. The van der Waals surface area contributed by atoms with Crippen molar-refractivity contribution in [3.63, 3.8) is 0 Å². The standard InChI is InChI=1S/C14H18N4O/c1-10-13(17-9-18-14(10)19-2)16-8-12-5-3-11(7-15)4-6-12/h3-6,9H,7-8,15H2,1-2H3,(H,16,17,18). The van der Waals surface area contributed by atoms with Crippen LogP contribution >= 0.6 is 0 Å². The molecule has 5 nitrogen and oxygen atoms in total. The smallest absolute Gasteiger partial charge is 0.221 e. The van der Waals surface area contributed by atoms with Crippen LogP contribution in [-0.2, 0) is 13.1 Å². The van der Waals surface area contributed by atoms with Gasteiger partial charge in [-0.15, -0.1) is 0 Å². The van der Waals surface area contributed by atoms with E-state index in [1.807, 2.05) is 19.1 Å². The van der Waals surface area contributed by atoms with Gasteiger partial charge in [0.25, 0.3) is 0 Å². The van der Waals surface area contributed by atoms with Crippen LogP contribution in [0.25, 0.3) is 0 Å². The van der Waals surface area contributed by atoms with Crippen molar-refractivity contribution >= 4 is 5.82 Å². The third-order valence-electron chi connectivity index (χ3n) is 2.95. The van der Waals surface area contributed by atoms with Crippen LogP contribution in [0.2, 0.25) is 0 Å². The van der Waals surface area contributed by atoms with Crippen molar-refractivity contribution in [2.24, 2.45) is 5.73 Å². The maximum absolute atomic E-state index is 5.57. The molecule has 100 valence electrons. The number of nitrogens with one attached hydrogen (secondary N) is 1. The van der Waals surface area contributed by atoms with Gasteiger partial charge in [0.15, 0.2) is 0 Å². The zero-order chi connectivity index (χ0) is 13.7. The lowest BCUT2D eigenvalue weighted by molar-refractivity contribution is 0.393. The van der Waals surface area contributed by atoms with E-state index in [9.17, 15) is 0 Å². The van der Waals surface area contributed by atoms with E-state index >= 15 is 0 Å². The Kier molecular flexibility index (Phi) is 4.30. The highest BCUT2D eigenvalue weighted by Crippen LogP contribution is 2.20. The van der Waals surface area contributed by atoms with Gasteiger partial charge in [0.1, 0.15) is 12.1 Å². The molecular weight excluding hydrogens is 240 g/mol. The fraction of sp³-hybridized carbons (Fsp3) is 0.286. The molecule has 0 saturated carbocycles. The quantitative estimate of drug-likeness (QED) is 0.856. The van der Waals surface area contributed by atoms with Crippen LogP contribution in [0.1, 0.15) is 16.7 Å². The monoisotopic (exact) mass is 258 g/mol. The molecule has 0 amide bonds. The van der Waals surface area contributed by atoms with Crippen molar-refractivity contribution in [3.05, 3.63) is 47.3 Å². The van der Waals surface area contributed by atoms with Crippen LogP contribution in [0.4, 0.5) is 5.82 Å². The Balaban J connectivity index is 2.05. The Morgan fingerprint density at radius 2 is 1.84 bits per heavy atom. The van der Waals surface area contributed by atoms with Gasteiger partial charge in [-0.3, -0.25) is 0 Å². The summed E-state index contributed by atoms with van der Waals surface area (Å²) in [7, 11) is 1.60. The SMILES string of the molecule is COc1ncnc(NCc2ccc(CN)cc2)c1C. The summed E-state index contributed by atoms with van der Waals surface area (Å²) in [4.78, 5) is 8.26. The van der Waals surface area contributed by atoms with Crippen LogP contribution in [0.3, 0.4) is 0 Å². The summed E-state index contributed by atoms with van der Waals surface area (Å²) in [5, 5.41) is 3.28. The van der Waals surface area contributed by atoms with Crippen molar-refractivity contribution in [1.29, 1.82) is 0 Å². The number of hydrogen-bond donors (Lipinski definition) is 2. The molecule has 0 saturated heterocycles. The maximum atomic E-state index is 5.57. The van der Waals surface area contributed by atoms with Crippen molar-refractivity contribution in [3.8, 4) is 5.88 Å². The van der Waals surface area contributed by atoms with Crippen LogP contribution < -0.4 is 15.8 Å². The lowest BCUT2D eigenvalue weighted by atomic mass is 10.1. The van der Waals surface area contributed by atoms with E-state index in [-0.39, 0.29) is 0 Å². The minimum atomic E-state index is 0.565. The maximum Gasteiger partial charge on any atom is 0.221 e. The summed E-state index contributed by atoms with van der Waals surface area (Å²) in [6.07, 6.45) is 1.49. The van der Waals surface area contributed by atoms with Gasteiger partial charge >= 0.3 is 0 Å². The fourth-order valence-corrected chi connectivity index (χ4v) is 1.80. The normalized spacial score (nSPS) is 10.3. The molecular formula is C14H18N4O. The third-order valence-corrected chi connectivity index (χ3v) is 2.95. The lowest BCUT2D eigenvalue weighted by Gasteiger charge is -2.10. The number of nitrogens with two attached hydrogens (primary N) is 1. The zero-order valence-corrected chi connectivity index (χ0v) is 11.2. The summed E-state index contributed by atoms with van der Waals surface area (Å²) in [6.45, 7) is 3.19. The molecule has 3 N–H and O–H groups in total. The molecule has 0 aliphatic heterocycles. The number of nitrogens with zero attached hydrogens (tertiary/aromatic N) is 2. The Morgan fingerprint density at radius 1 is 1.16 bits per heavy atom. The van der Waals surface area contributed by atoms with E-state index in [0.717, 1.165) is 16.9 Å². The van der Waals surface area contributed by atoms with Gasteiger partial charge in [-0.25, -0.2) is 9.97 Å². The summed E-state index contributed by atoms with van der Waals surface area (Å²) in [5.41, 5.74) is 8.78. The Labute approximate surface area is 112 Å². The highest BCUT2D eigenvalue weighted by molar-refractivity contribution is 5.48. The molecule has 0 fully saturated rings. The summed E-state index contributed by atoms with van der Waals surface area (Å²) in [5.74, 6) is 1.38. The van der Waals surface area contributed by atoms with Gasteiger partial charge in [0, 0.05) is 13.1 Å². The Hall–Kier alpha value is -2.14. The molecule has 0 spiro atoms. The Morgan fingerprint density at radius 3 is 2.47 bits per heavy atom. The van der Waals surface area contributed by atoms with Gasteiger partial charge in [0.05, 0.1) is 12.7 Å². The van der Waals surface area contributed by atoms with E-state index in [2.05, 4.69) is 27.4 Å². The first kappa shape index (κ1) is 13.3. The molecule has 0 unspecified atom stereocenters.